The summed E-state index contributed by atoms with van der Waals surface area (Å²) in [5, 5.41) is 9.54. The van der Waals surface area contributed by atoms with Gasteiger partial charge in [0.1, 0.15) is 0 Å². The van der Waals surface area contributed by atoms with E-state index in [0.717, 1.165) is 18.4 Å². The molecule has 1 N–H and O–H groups in total. The van der Waals surface area contributed by atoms with Gasteiger partial charge in [0.25, 0.3) is 5.88 Å². The number of rotatable bonds is 5. The van der Waals surface area contributed by atoms with E-state index in [1.807, 2.05) is 0 Å². The van der Waals surface area contributed by atoms with E-state index >= 15 is 0 Å². The number of aryl methyl sites for hydroxylation is 1. The first-order valence-electron chi connectivity index (χ1n) is 7.54. The first kappa shape index (κ1) is 16.5. The van der Waals surface area contributed by atoms with Crippen LogP contribution in [0.15, 0.2) is 24.3 Å². The molecule has 1 saturated carbocycles. The fraction of sp³-hybridized carbons (Fsp3) is 0.353. The number of nitrogens with zero attached hydrogens (tertiary/aromatic N) is 2. The summed E-state index contributed by atoms with van der Waals surface area (Å²) in [7, 11) is 0. The Labute approximate surface area is 144 Å². The maximum absolute atomic E-state index is 10.9. The molecule has 0 aliphatic heterocycles. The van der Waals surface area contributed by atoms with E-state index in [-0.39, 0.29) is 17.0 Å². The van der Waals surface area contributed by atoms with Gasteiger partial charge in [-0.1, -0.05) is 18.5 Å². The molecule has 1 aliphatic carbocycles. The van der Waals surface area contributed by atoms with Crippen LogP contribution in [0.25, 0.3) is 11.4 Å². The predicted octanol–water partition coefficient (Wildman–Crippen LogP) is 4.34. The lowest BCUT2D eigenvalue weighted by molar-refractivity contribution is 0.139. The molecule has 2 aromatic rings. The highest BCUT2D eigenvalue weighted by atomic mass is 35.5. The summed E-state index contributed by atoms with van der Waals surface area (Å²) in [5.74, 6) is 0.602. The molecular weight excluding hydrogens is 332 g/mol. The van der Waals surface area contributed by atoms with Crippen LogP contribution >= 0.6 is 11.6 Å². The van der Waals surface area contributed by atoms with Gasteiger partial charge in [0.15, 0.2) is 5.82 Å². The summed E-state index contributed by atoms with van der Waals surface area (Å²) >= 11 is 5.90. The predicted molar refractivity (Wildman–Crippen MR) is 88.7 cm³/mol. The zero-order valence-corrected chi connectivity index (χ0v) is 14.1. The van der Waals surface area contributed by atoms with E-state index in [1.165, 1.54) is 0 Å². The number of carbonyl (C=O) groups is 1. The third-order valence-electron chi connectivity index (χ3n) is 3.96. The Morgan fingerprint density at radius 3 is 2.54 bits per heavy atom. The van der Waals surface area contributed by atoms with Gasteiger partial charge in [-0.15, -0.1) is 0 Å². The molecule has 0 bridgehead atoms. The van der Waals surface area contributed by atoms with Crippen LogP contribution in [-0.4, -0.2) is 27.8 Å². The molecule has 0 spiro atoms. The van der Waals surface area contributed by atoms with Gasteiger partial charge in [0.2, 0.25) is 5.75 Å². The SMILES string of the molecule is Cc1nc(-c2ccc(Cl)cc2)nc(OCC2(C)CC2)c1OC(=O)O. The second kappa shape index (κ2) is 6.28. The molecule has 7 heteroatoms. The number of hydrogen-bond donors (Lipinski definition) is 1. The molecule has 1 aromatic heterocycles. The first-order chi connectivity index (χ1) is 11.4. The fourth-order valence-electron chi connectivity index (χ4n) is 2.17. The van der Waals surface area contributed by atoms with Crippen LogP contribution in [0.5, 0.6) is 11.6 Å². The largest absolute Gasteiger partial charge is 0.511 e. The smallest absolute Gasteiger partial charge is 0.474 e. The van der Waals surface area contributed by atoms with Gasteiger partial charge >= 0.3 is 6.16 Å². The summed E-state index contributed by atoms with van der Waals surface area (Å²) in [6.07, 6.45) is 0.732. The maximum Gasteiger partial charge on any atom is 0.511 e. The van der Waals surface area contributed by atoms with Gasteiger partial charge in [0.05, 0.1) is 12.3 Å². The van der Waals surface area contributed by atoms with Crippen LogP contribution < -0.4 is 9.47 Å². The number of ether oxygens (including phenoxy) is 2. The molecule has 24 heavy (non-hydrogen) atoms. The average Bonchev–Trinajstić information content (AvgIpc) is 3.26. The normalized spacial score (nSPS) is 15.0. The van der Waals surface area contributed by atoms with Gasteiger partial charge in [-0.3, -0.25) is 0 Å². The highest BCUT2D eigenvalue weighted by Crippen LogP contribution is 2.45. The number of hydrogen-bond acceptors (Lipinski definition) is 5. The van der Waals surface area contributed by atoms with Gasteiger partial charge < -0.3 is 14.6 Å². The minimum Gasteiger partial charge on any atom is -0.474 e. The highest BCUT2D eigenvalue weighted by Gasteiger charge is 2.38. The Balaban J connectivity index is 1.97. The number of aromatic nitrogens is 2. The quantitative estimate of drug-likeness (QED) is 0.809. The molecule has 0 unspecified atom stereocenters. The third kappa shape index (κ3) is 3.76. The van der Waals surface area contributed by atoms with Crippen molar-refractivity contribution < 1.29 is 19.4 Å². The fourth-order valence-corrected chi connectivity index (χ4v) is 2.29. The minimum absolute atomic E-state index is 0.0319. The summed E-state index contributed by atoms with van der Waals surface area (Å²) in [5.41, 5.74) is 1.28. The molecule has 0 amide bonds. The summed E-state index contributed by atoms with van der Waals surface area (Å²) < 4.78 is 10.6. The van der Waals surface area contributed by atoms with Crippen LogP contribution in [-0.2, 0) is 0 Å². The van der Waals surface area contributed by atoms with Gasteiger partial charge in [-0.05, 0) is 44.0 Å². The molecule has 6 nitrogen and oxygen atoms in total. The molecule has 1 aliphatic rings. The molecule has 0 saturated heterocycles. The van der Waals surface area contributed by atoms with Gasteiger partial charge in [-0.2, -0.15) is 4.98 Å². The first-order valence-corrected chi connectivity index (χ1v) is 7.92. The van der Waals surface area contributed by atoms with Crippen LogP contribution in [0.2, 0.25) is 5.02 Å². The van der Waals surface area contributed by atoms with Crippen molar-refractivity contribution in [3.8, 4) is 23.0 Å². The molecule has 1 heterocycles. The summed E-state index contributed by atoms with van der Waals surface area (Å²) in [6, 6.07) is 7.06. The van der Waals surface area contributed by atoms with Crippen LogP contribution in [0.3, 0.4) is 0 Å². The van der Waals surface area contributed by atoms with Crippen LogP contribution in [0.1, 0.15) is 25.5 Å². The van der Waals surface area contributed by atoms with E-state index in [2.05, 4.69) is 16.9 Å². The lowest BCUT2D eigenvalue weighted by atomic mass is 10.2. The topological polar surface area (TPSA) is 81.5 Å². The second-order valence-corrected chi connectivity index (χ2v) is 6.68. The van der Waals surface area contributed by atoms with E-state index in [9.17, 15) is 4.79 Å². The van der Waals surface area contributed by atoms with Crippen molar-refractivity contribution in [1.29, 1.82) is 0 Å². The number of halogens is 1. The summed E-state index contributed by atoms with van der Waals surface area (Å²) in [6.45, 7) is 4.23. The Hall–Kier alpha value is -2.34. The average molecular weight is 349 g/mol. The van der Waals surface area contributed by atoms with Crippen molar-refractivity contribution in [3.05, 3.63) is 35.0 Å². The molecule has 126 valence electrons. The zero-order chi connectivity index (χ0) is 17.3. The van der Waals surface area contributed by atoms with Crippen molar-refractivity contribution >= 4 is 17.8 Å². The molecule has 1 fully saturated rings. The van der Waals surface area contributed by atoms with Crippen molar-refractivity contribution in [2.45, 2.75) is 26.7 Å². The van der Waals surface area contributed by atoms with Crippen molar-refractivity contribution in [1.82, 2.24) is 9.97 Å². The Morgan fingerprint density at radius 2 is 1.96 bits per heavy atom. The Bertz CT molecular complexity index is 773. The highest BCUT2D eigenvalue weighted by molar-refractivity contribution is 6.30. The standard InChI is InChI=1S/C17H17ClN2O4/c1-10-13(24-16(21)22)15(23-9-17(2)7-8-17)20-14(19-10)11-3-5-12(18)6-4-11/h3-6H,7-9H2,1-2H3,(H,21,22). The molecule has 0 atom stereocenters. The Morgan fingerprint density at radius 1 is 1.29 bits per heavy atom. The van der Waals surface area contributed by atoms with Crippen molar-refractivity contribution in [2.24, 2.45) is 5.41 Å². The Kier molecular flexibility index (Phi) is 4.32. The molecule has 1 aromatic carbocycles. The van der Waals surface area contributed by atoms with E-state index in [0.29, 0.717) is 23.1 Å². The minimum atomic E-state index is -1.43. The van der Waals surface area contributed by atoms with Gasteiger partial charge in [0, 0.05) is 16.0 Å². The van der Waals surface area contributed by atoms with Gasteiger partial charge in [-0.25, -0.2) is 9.78 Å². The van der Waals surface area contributed by atoms with E-state index in [1.54, 1.807) is 31.2 Å². The van der Waals surface area contributed by atoms with Crippen LogP contribution in [0, 0.1) is 12.3 Å². The second-order valence-electron chi connectivity index (χ2n) is 6.24. The summed E-state index contributed by atoms with van der Waals surface area (Å²) in [4.78, 5) is 19.6. The number of carboxylic acid groups (broad SMARTS) is 1. The lowest BCUT2D eigenvalue weighted by Crippen LogP contribution is -2.14. The third-order valence-corrected chi connectivity index (χ3v) is 4.21. The molecular formula is C17H17ClN2O4. The number of benzene rings is 1. The maximum atomic E-state index is 10.9. The van der Waals surface area contributed by atoms with E-state index < -0.39 is 6.16 Å². The lowest BCUT2D eigenvalue weighted by Gasteiger charge is -2.15. The molecule has 3 rings (SSSR count). The van der Waals surface area contributed by atoms with Crippen molar-refractivity contribution in [3.63, 3.8) is 0 Å². The monoisotopic (exact) mass is 348 g/mol. The van der Waals surface area contributed by atoms with E-state index in [4.69, 9.17) is 26.2 Å². The van der Waals surface area contributed by atoms with Crippen LogP contribution in [0.4, 0.5) is 4.79 Å². The zero-order valence-electron chi connectivity index (χ0n) is 13.4. The molecule has 0 radical (unpaired) electrons. The van der Waals surface area contributed by atoms with Crippen molar-refractivity contribution in [2.75, 3.05) is 6.61 Å².